The van der Waals surface area contributed by atoms with Gasteiger partial charge in [-0.05, 0) is 62.2 Å². The Morgan fingerprint density at radius 2 is 1.97 bits per heavy atom. The van der Waals surface area contributed by atoms with Crippen LogP contribution in [0.5, 0.6) is 0 Å². The molecule has 0 heterocycles. The summed E-state index contributed by atoms with van der Waals surface area (Å²) >= 11 is 0. The molecule has 3 rings (SSSR count). The van der Waals surface area contributed by atoms with Crippen LogP contribution in [0.4, 0.5) is 0 Å². The summed E-state index contributed by atoms with van der Waals surface area (Å²) in [5.74, 6) is 7.14. The molecule has 6 atom stereocenters. The Bertz CT molecular complexity index is 637. The third kappa shape index (κ3) is 5.44. The Kier molecular flexibility index (Phi) is 8.21. The molecule has 0 saturated heterocycles. The van der Waals surface area contributed by atoms with Crippen LogP contribution in [-0.4, -0.2) is 33.5 Å². The summed E-state index contributed by atoms with van der Waals surface area (Å²) < 4.78 is 0. The summed E-state index contributed by atoms with van der Waals surface area (Å²) in [6.45, 7) is 2.19. The van der Waals surface area contributed by atoms with E-state index >= 15 is 0 Å². The zero-order chi connectivity index (χ0) is 20.8. The monoisotopic (exact) mass is 402 g/mol. The molecular formula is C25H38O4. The number of allylic oxidation sites excluding steroid dienone is 2. The number of aliphatic hydroxyl groups is 2. The summed E-state index contributed by atoms with van der Waals surface area (Å²) in [7, 11) is 0. The van der Waals surface area contributed by atoms with Crippen molar-refractivity contribution in [1.29, 1.82) is 0 Å². The molecule has 3 aliphatic rings. The van der Waals surface area contributed by atoms with Gasteiger partial charge < -0.3 is 15.3 Å². The Labute approximate surface area is 175 Å². The number of carboxylic acids is 1. The number of hydrogen-bond donors (Lipinski definition) is 3. The number of unbranched alkanes of at least 4 members (excludes halogenated alkanes) is 1. The Balaban J connectivity index is 1.72. The van der Waals surface area contributed by atoms with E-state index in [1.807, 2.05) is 0 Å². The van der Waals surface area contributed by atoms with Crippen molar-refractivity contribution in [2.75, 3.05) is 0 Å². The molecule has 3 saturated carbocycles. The molecule has 0 bridgehead atoms. The van der Waals surface area contributed by atoms with Crippen LogP contribution in [0.1, 0.15) is 84.0 Å². The van der Waals surface area contributed by atoms with E-state index in [0.29, 0.717) is 24.2 Å². The summed E-state index contributed by atoms with van der Waals surface area (Å²) in [5.41, 5.74) is 1.41. The quantitative estimate of drug-likeness (QED) is 0.431. The molecular weight excluding hydrogens is 364 g/mol. The second-order valence-electron chi connectivity index (χ2n) is 9.37. The predicted octanol–water partition coefficient (Wildman–Crippen LogP) is 4.55. The van der Waals surface area contributed by atoms with Gasteiger partial charge in [-0.2, -0.15) is 0 Å². The first-order valence-electron chi connectivity index (χ1n) is 11.8. The molecule has 0 aromatic heterocycles. The second kappa shape index (κ2) is 10.6. The molecule has 162 valence electrons. The van der Waals surface area contributed by atoms with E-state index in [2.05, 4.69) is 24.8 Å². The van der Waals surface area contributed by atoms with Gasteiger partial charge in [0.1, 0.15) is 6.10 Å². The summed E-state index contributed by atoms with van der Waals surface area (Å²) in [5, 5.41) is 30.2. The van der Waals surface area contributed by atoms with E-state index < -0.39 is 18.2 Å². The third-order valence-corrected chi connectivity index (χ3v) is 7.49. The first-order chi connectivity index (χ1) is 14.0. The van der Waals surface area contributed by atoms with E-state index in [-0.39, 0.29) is 18.3 Å². The van der Waals surface area contributed by atoms with Crippen LogP contribution < -0.4 is 0 Å². The summed E-state index contributed by atoms with van der Waals surface area (Å²) in [6.07, 6.45) is 12.8. The molecule has 0 spiro atoms. The highest BCUT2D eigenvalue weighted by molar-refractivity contribution is 5.66. The topological polar surface area (TPSA) is 77.8 Å². The molecule has 0 amide bonds. The Hall–Kier alpha value is -1.31. The maximum absolute atomic E-state index is 10.9. The predicted molar refractivity (Wildman–Crippen MR) is 114 cm³/mol. The fourth-order valence-corrected chi connectivity index (χ4v) is 5.92. The molecule has 2 unspecified atom stereocenters. The molecule has 0 aromatic rings. The Morgan fingerprint density at radius 3 is 2.66 bits per heavy atom. The van der Waals surface area contributed by atoms with Crippen molar-refractivity contribution in [2.24, 2.45) is 29.6 Å². The standard InChI is InChI=1S/C25H38O4/c1-2-3-10-19-18(11-7-12-24(28)29)20-13-16-23(27)21(25(19)20)14-15-22(26)17-8-5-4-6-9-17/h11,17,19-23,25-27H,2-10,12-13,16H2,1H3,(H,28,29)/b18-11-/t19?,20-,21+,22?,23-,25+/m1/s1. The normalized spacial score (nSPS) is 34.6. The number of carbonyl (C=O) groups is 1. The van der Waals surface area contributed by atoms with Crippen LogP contribution in [0.2, 0.25) is 0 Å². The van der Waals surface area contributed by atoms with Gasteiger partial charge in [0.05, 0.1) is 12.0 Å². The van der Waals surface area contributed by atoms with Gasteiger partial charge in [0, 0.05) is 6.42 Å². The van der Waals surface area contributed by atoms with Gasteiger partial charge in [-0.15, -0.1) is 0 Å². The van der Waals surface area contributed by atoms with Crippen LogP contribution >= 0.6 is 0 Å². The van der Waals surface area contributed by atoms with Crippen LogP contribution in [0.3, 0.4) is 0 Å². The average molecular weight is 403 g/mol. The van der Waals surface area contributed by atoms with Gasteiger partial charge in [-0.25, -0.2) is 0 Å². The van der Waals surface area contributed by atoms with Crippen LogP contribution in [0.15, 0.2) is 11.6 Å². The smallest absolute Gasteiger partial charge is 0.303 e. The lowest BCUT2D eigenvalue weighted by atomic mass is 9.50. The number of carboxylic acid groups (broad SMARTS) is 1. The van der Waals surface area contributed by atoms with Crippen molar-refractivity contribution in [1.82, 2.24) is 0 Å². The van der Waals surface area contributed by atoms with E-state index in [9.17, 15) is 15.0 Å². The van der Waals surface area contributed by atoms with Crippen molar-refractivity contribution in [3.63, 3.8) is 0 Å². The van der Waals surface area contributed by atoms with Crippen molar-refractivity contribution < 1.29 is 20.1 Å². The number of fused-ring (bicyclic) bond motifs is 1. The van der Waals surface area contributed by atoms with Gasteiger partial charge in [-0.1, -0.05) is 62.5 Å². The molecule has 0 aliphatic heterocycles. The highest BCUT2D eigenvalue weighted by Gasteiger charge is 2.52. The minimum Gasteiger partial charge on any atom is -0.481 e. The van der Waals surface area contributed by atoms with Crippen LogP contribution in [0.25, 0.3) is 0 Å². The molecule has 0 aromatic carbocycles. The lowest BCUT2D eigenvalue weighted by Gasteiger charge is -2.55. The lowest BCUT2D eigenvalue weighted by molar-refractivity contribution is -0.136. The molecule has 4 nitrogen and oxygen atoms in total. The van der Waals surface area contributed by atoms with Crippen molar-refractivity contribution in [3.05, 3.63) is 11.6 Å². The van der Waals surface area contributed by atoms with E-state index in [1.54, 1.807) is 0 Å². The molecule has 0 radical (unpaired) electrons. The van der Waals surface area contributed by atoms with Gasteiger partial charge in [0.2, 0.25) is 0 Å². The molecule has 4 heteroatoms. The van der Waals surface area contributed by atoms with Gasteiger partial charge >= 0.3 is 5.97 Å². The summed E-state index contributed by atoms with van der Waals surface area (Å²) in [4.78, 5) is 10.9. The fourth-order valence-electron chi connectivity index (χ4n) is 5.92. The number of aliphatic carboxylic acids is 1. The van der Waals surface area contributed by atoms with E-state index in [4.69, 9.17) is 5.11 Å². The molecule has 3 fully saturated rings. The SMILES string of the molecule is CCCCC1/C(=C/CCC(=O)O)[C@H]2CC[C@@H](O)[C@H](C#CC(O)C3CCCCC3)[C@@H]12. The lowest BCUT2D eigenvalue weighted by Crippen LogP contribution is -2.51. The molecule has 3 aliphatic carbocycles. The maximum Gasteiger partial charge on any atom is 0.303 e. The van der Waals surface area contributed by atoms with E-state index in [0.717, 1.165) is 44.9 Å². The van der Waals surface area contributed by atoms with Gasteiger partial charge in [0.15, 0.2) is 0 Å². The van der Waals surface area contributed by atoms with Crippen LogP contribution in [-0.2, 0) is 4.79 Å². The first-order valence-corrected chi connectivity index (χ1v) is 11.8. The third-order valence-electron chi connectivity index (χ3n) is 7.49. The Morgan fingerprint density at radius 1 is 1.21 bits per heavy atom. The van der Waals surface area contributed by atoms with Gasteiger partial charge in [-0.3, -0.25) is 4.79 Å². The zero-order valence-corrected chi connectivity index (χ0v) is 17.9. The summed E-state index contributed by atoms with van der Waals surface area (Å²) in [6, 6.07) is 0. The minimum atomic E-state index is -0.748. The number of rotatable bonds is 7. The first kappa shape index (κ1) is 22.4. The largest absolute Gasteiger partial charge is 0.481 e. The number of aliphatic hydroxyl groups excluding tert-OH is 2. The van der Waals surface area contributed by atoms with Crippen LogP contribution in [0, 0.1) is 41.4 Å². The highest BCUT2D eigenvalue weighted by atomic mass is 16.4. The number of hydrogen-bond acceptors (Lipinski definition) is 3. The molecule has 29 heavy (non-hydrogen) atoms. The minimum absolute atomic E-state index is 0.0644. The second-order valence-corrected chi connectivity index (χ2v) is 9.37. The average Bonchev–Trinajstić information content (AvgIpc) is 2.71. The zero-order valence-electron chi connectivity index (χ0n) is 17.9. The van der Waals surface area contributed by atoms with Crippen molar-refractivity contribution >= 4 is 5.97 Å². The van der Waals surface area contributed by atoms with Gasteiger partial charge in [0.25, 0.3) is 0 Å². The fraction of sp³-hybridized carbons (Fsp3) is 0.800. The van der Waals surface area contributed by atoms with Crippen molar-refractivity contribution in [3.8, 4) is 11.8 Å². The van der Waals surface area contributed by atoms with E-state index in [1.165, 1.54) is 24.8 Å². The van der Waals surface area contributed by atoms with Crippen molar-refractivity contribution in [2.45, 2.75) is 96.2 Å². The highest BCUT2D eigenvalue weighted by Crippen LogP contribution is 2.57. The maximum atomic E-state index is 10.9. The molecule has 3 N–H and O–H groups in total.